The Bertz CT molecular complexity index is 619. The van der Waals surface area contributed by atoms with E-state index < -0.39 is 11.6 Å². The lowest BCUT2D eigenvalue weighted by Crippen LogP contribution is -2.57. The molecule has 0 aliphatic carbocycles. The number of ether oxygens (including phenoxy) is 1. The van der Waals surface area contributed by atoms with E-state index in [0.717, 1.165) is 5.69 Å². The lowest BCUT2D eigenvalue weighted by molar-refractivity contribution is 0.0201. The predicted molar refractivity (Wildman–Crippen MR) is 97.2 cm³/mol. The van der Waals surface area contributed by atoms with Gasteiger partial charge in [-0.15, -0.1) is 0 Å². The summed E-state index contributed by atoms with van der Waals surface area (Å²) in [6.45, 7) is 11.7. The van der Waals surface area contributed by atoms with Crippen LogP contribution in [0.25, 0.3) is 0 Å². The van der Waals surface area contributed by atoms with E-state index in [1.807, 2.05) is 32.9 Å². The minimum atomic E-state index is -0.929. The van der Waals surface area contributed by atoms with Gasteiger partial charge in [0.2, 0.25) is 0 Å². The quantitative estimate of drug-likeness (QED) is 0.906. The number of amides is 1. The first-order chi connectivity index (χ1) is 11.6. The van der Waals surface area contributed by atoms with Crippen molar-refractivity contribution in [3.63, 3.8) is 0 Å². The predicted octanol–water partition coefficient (Wildman–Crippen LogP) is 3.47. The standard InChI is InChI=1S/C19H28N2O4/c1-13(2)16-12-20(18(24)25-19(3,4)5)10-11-21(16)15-8-6-14(7-9-15)17(22)23/h6-9,13,16H,10-12H2,1-5H3,(H,22,23)/t16-/m0/s1. The number of piperazine rings is 1. The van der Waals surface area contributed by atoms with Crippen molar-refractivity contribution in [1.29, 1.82) is 0 Å². The van der Waals surface area contributed by atoms with Gasteiger partial charge in [-0.05, 0) is 51.0 Å². The van der Waals surface area contributed by atoms with Crippen LogP contribution in [0.1, 0.15) is 45.0 Å². The van der Waals surface area contributed by atoms with Gasteiger partial charge in [0.1, 0.15) is 5.60 Å². The number of carboxylic acid groups (broad SMARTS) is 1. The summed E-state index contributed by atoms with van der Waals surface area (Å²) in [7, 11) is 0. The maximum Gasteiger partial charge on any atom is 0.410 e. The van der Waals surface area contributed by atoms with E-state index in [1.165, 1.54) is 0 Å². The molecule has 2 rings (SSSR count). The van der Waals surface area contributed by atoms with E-state index in [2.05, 4.69) is 18.7 Å². The molecule has 1 aliphatic rings. The first kappa shape index (κ1) is 19.1. The average molecular weight is 348 g/mol. The highest BCUT2D eigenvalue weighted by molar-refractivity contribution is 5.88. The smallest absolute Gasteiger partial charge is 0.410 e. The molecule has 0 unspecified atom stereocenters. The van der Waals surface area contributed by atoms with Gasteiger partial charge in [-0.25, -0.2) is 9.59 Å². The van der Waals surface area contributed by atoms with E-state index >= 15 is 0 Å². The summed E-state index contributed by atoms with van der Waals surface area (Å²) in [6, 6.07) is 7.06. The molecule has 138 valence electrons. The zero-order valence-electron chi connectivity index (χ0n) is 15.7. The highest BCUT2D eigenvalue weighted by Gasteiger charge is 2.33. The molecule has 0 bridgehead atoms. The molecule has 1 aromatic rings. The van der Waals surface area contributed by atoms with Gasteiger partial charge in [-0.2, -0.15) is 0 Å². The monoisotopic (exact) mass is 348 g/mol. The summed E-state index contributed by atoms with van der Waals surface area (Å²) < 4.78 is 5.49. The fourth-order valence-corrected chi connectivity index (χ4v) is 2.99. The summed E-state index contributed by atoms with van der Waals surface area (Å²) in [4.78, 5) is 27.4. The molecular weight excluding hydrogens is 320 g/mol. The van der Waals surface area contributed by atoms with Crippen LogP contribution in [0.2, 0.25) is 0 Å². The molecule has 0 radical (unpaired) electrons. The lowest BCUT2D eigenvalue weighted by Gasteiger charge is -2.44. The molecule has 1 N–H and O–H groups in total. The first-order valence-corrected chi connectivity index (χ1v) is 8.66. The molecule has 1 amide bonds. The summed E-state index contributed by atoms with van der Waals surface area (Å²) in [5.41, 5.74) is 0.749. The van der Waals surface area contributed by atoms with Crippen LogP contribution in [0, 0.1) is 5.92 Å². The van der Waals surface area contributed by atoms with Gasteiger partial charge in [-0.1, -0.05) is 13.8 Å². The van der Waals surface area contributed by atoms with Gasteiger partial charge >= 0.3 is 12.1 Å². The normalized spacial score (nSPS) is 18.4. The average Bonchev–Trinajstić information content (AvgIpc) is 2.52. The first-order valence-electron chi connectivity index (χ1n) is 8.66. The van der Waals surface area contributed by atoms with Gasteiger partial charge in [0, 0.05) is 31.4 Å². The fourth-order valence-electron chi connectivity index (χ4n) is 2.99. The van der Waals surface area contributed by atoms with E-state index in [9.17, 15) is 9.59 Å². The van der Waals surface area contributed by atoms with Crippen LogP contribution in [-0.2, 0) is 4.74 Å². The van der Waals surface area contributed by atoms with Crippen LogP contribution in [0.4, 0.5) is 10.5 Å². The molecule has 1 fully saturated rings. The molecule has 6 nitrogen and oxygen atoms in total. The molecule has 0 spiro atoms. The van der Waals surface area contributed by atoms with Crippen molar-refractivity contribution in [1.82, 2.24) is 4.90 Å². The molecule has 1 aromatic carbocycles. The number of nitrogens with zero attached hydrogens (tertiary/aromatic N) is 2. The Morgan fingerprint density at radius 3 is 2.24 bits per heavy atom. The largest absolute Gasteiger partial charge is 0.478 e. The number of benzene rings is 1. The maximum absolute atomic E-state index is 12.4. The van der Waals surface area contributed by atoms with Gasteiger partial charge < -0.3 is 19.6 Å². The van der Waals surface area contributed by atoms with Gasteiger partial charge in [-0.3, -0.25) is 0 Å². The number of hydrogen-bond acceptors (Lipinski definition) is 4. The number of carbonyl (C=O) groups excluding carboxylic acids is 1. The van der Waals surface area contributed by atoms with Crippen LogP contribution >= 0.6 is 0 Å². The molecule has 0 saturated carbocycles. The third-order valence-electron chi connectivity index (χ3n) is 4.29. The number of carboxylic acids is 1. The van der Waals surface area contributed by atoms with Crippen molar-refractivity contribution in [3.8, 4) is 0 Å². The molecule has 0 aromatic heterocycles. The van der Waals surface area contributed by atoms with Crippen LogP contribution in [-0.4, -0.2) is 53.3 Å². The lowest BCUT2D eigenvalue weighted by atomic mass is 9.98. The summed E-state index contributed by atoms with van der Waals surface area (Å²) in [5.74, 6) is -0.592. The molecule has 1 saturated heterocycles. The fraction of sp³-hybridized carbons (Fsp3) is 0.579. The third-order valence-corrected chi connectivity index (χ3v) is 4.29. The number of hydrogen-bond donors (Lipinski definition) is 1. The summed E-state index contributed by atoms with van der Waals surface area (Å²) >= 11 is 0. The SMILES string of the molecule is CC(C)[C@@H]1CN(C(=O)OC(C)(C)C)CCN1c1ccc(C(=O)O)cc1. The molecular formula is C19H28N2O4. The van der Waals surface area contributed by atoms with Crippen LogP contribution in [0.15, 0.2) is 24.3 Å². The Kier molecular flexibility index (Phi) is 5.60. The summed E-state index contributed by atoms with van der Waals surface area (Å²) in [6.07, 6.45) is -0.279. The van der Waals surface area contributed by atoms with Crippen molar-refractivity contribution in [2.45, 2.75) is 46.3 Å². The van der Waals surface area contributed by atoms with Gasteiger partial charge in [0.15, 0.2) is 0 Å². The summed E-state index contributed by atoms with van der Waals surface area (Å²) in [5, 5.41) is 9.04. The number of rotatable bonds is 3. The third kappa shape index (κ3) is 4.87. The maximum atomic E-state index is 12.4. The topological polar surface area (TPSA) is 70.1 Å². The zero-order chi connectivity index (χ0) is 18.8. The Morgan fingerprint density at radius 1 is 1.16 bits per heavy atom. The van der Waals surface area contributed by atoms with Crippen molar-refractivity contribution >= 4 is 17.7 Å². The van der Waals surface area contributed by atoms with Crippen molar-refractivity contribution in [2.24, 2.45) is 5.92 Å². The number of carbonyl (C=O) groups is 2. The molecule has 1 heterocycles. The Labute approximate surface area is 149 Å². The molecule has 6 heteroatoms. The van der Waals surface area contributed by atoms with Gasteiger partial charge in [0.25, 0.3) is 0 Å². The highest BCUT2D eigenvalue weighted by Crippen LogP contribution is 2.26. The van der Waals surface area contributed by atoms with Crippen molar-refractivity contribution in [2.75, 3.05) is 24.5 Å². The zero-order valence-corrected chi connectivity index (χ0v) is 15.7. The highest BCUT2D eigenvalue weighted by atomic mass is 16.6. The second-order valence-corrected chi connectivity index (χ2v) is 7.78. The Balaban J connectivity index is 2.14. The van der Waals surface area contributed by atoms with Crippen LogP contribution in [0.5, 0.6) is 0 Å². The van der Waals surface area contributed by atoms with Crippen LogP contribution in [0.3, 0.4) is 0 Å². The Morgan fingerprint density at radius 2 is 1.76 bits per heavy atom. The molecule has 1 aliphatic heterocycles. The van der Waals surface area contributed by atoms with Crippen molar-refractivity contribution in [3.05, 3.63) is 29.8 Å². The second kappa shape index (κ2) is 7.33. The van der Waals surface area contributed by atoms with E-state index in [1.54, 1.807) is 17.0 Å². The number of aromatic carboxylic acids is 1. The molecule has 25 heavy (non-hydrogen) atoms. The van der Waals surface area contributed by atoms with Gasteiger partial charge in [0.05, 0.1) is 5.56 Å². The Hall–Kier alpha value is -2.24. The minimum Gasteiger partial charge on any atom is -0.478 e. The van der Waals surface area contributed by atoms with E-state index in [-0.39, 0.29) is 17.7 Å². The van der Waals surface area contributed by atoms with Crippen molar-refractivity contribution < 1.29 is 19.4 Å². The van der Waals surface area contributed by atoms with E-state index in [0.29, 0.717) is 25.6 Å². The second-order valence-electron chi connectivity index (χ2n) is 7.78. The number of anilines is 1. The van der Waals surface area contributed by atoms with Crippen LogP contribution < -0.4 is 4.90 Å². The van der Waals surface area contributed by atoms with E-state index in [4.69, 9.17) is 9.84 Å². The minimum absolute atomic E-state index is 0.150. The molecule has 1 atom stereocenters.